The standard InChI is InChI=1S/C11H16ClN3O2/c1-17-6-2-3-9(13)11(16)15-10-5-4-8(12)7-14-10/h4-5,7,9H,2-3,6,13H2,1H3,(H,14,15,16). The van der Waals surface area contributed by atoms with E-state index in [0.717, 1.165) is 6.42 Å². The van der Waals surface area contributed by atoms with Crippen LogP contribution in [-0.2, 0) is 9.53 Å². The molecule has 94 valence electrons. The molecule has 0 spiro atoms. The van der Waals surface area contributed by atoms with Crippen molar-refractivity contribution in [2.24, 2.45) is 5.73 Å². The van der Waals surface area contributed by atoms with Crippen molar-refractivity contribution in [2.75, 3.05) is 19.0 Å². The van der Waals surface area contributed by atoms with Crippen molar-refractivity contribution in [1.82, 2.24) is 4.98 Å². The molecular formula is C11H16ClN3O2. The van der Waals surface area contributed by atoms with Gasteiger partial charge in [-0.05, 0) is 25.0 Å². The van der Waals surface area contributed by atoms with Gasteiger partial charge in [0.15, 0.2) is 0 Å². The highest BCUT2D eigenvalue weighted by atomic mass is 35.5. The quantitative estimate of drug-likeness (QED) is 0.756. The summed E-state index contributed by atoms with van der Waals surface area (Å²) in [5.74, 6) is 0.192. The fourth-order valence-corrected chi connectivity index (χ4v) is 1.36. The van der Waals surface area contributed by atoms with Crippen molar-refractivity contribution in [3.63, 3.8) is 0 Å². The van der Waals surface area contributed by atoms with E-state index in [9.17, 15) is 4.79 Å². The lowest BCUT2D eigenvalue weighted by molar-refractivity contribution is -0.117. The van der Waals surface area contributed by atoms with E-state index in [1.807, 2.05) is 0 Å². The Morgan fingerprint density at radius 1 is 1.65 bits per heavy atom. The third-order valence-corrected chi connectivity index (χ3v) is 2.40. The van der Waals surface area contributed by atoms with E-state index in [4.69, 9.17) is 22.1 Å². The maximum atomic E-state index is 11.6. The van der Waals surface area contributed by atoms with Crippen LogP contribution in [0.5, 0.6) is 0 Å². The Bertz CT molecular complexity index is 356. The first kappa shape index (κ1) is 13.9. The van der Waals surface area contributed by atoms with Gasteiger partial charge in [0.05, 0.1) is 11.1 Å². The SMILES string of the molecule is COCCCC(N)C(=O)Nc1ccc(Cl)cn1. The number of carbonyl (C=O) groups excluding carboxylic acids is 1. The number of amides is 1. The summed E-state index contributed by atoms with van der Waals surface area (Å²) >= 11 is 5.68. The van der Waals surface area contributed by atoms with Crippen molar-refractivity contribution in [1.29, 1.82) is 0 Å². The molecule has 0 aliphatic rings. The van der Waals surface area contributed by atoms with Crippen LogP contribution in [0.25, 0.3) is 0 Å². The molecule has 1 atom stereocenters. The van der Waals surface area contributed by atoms with E-state index in [2.05, 4.69) is 10.3 Å². The predicted octanol–water partition coefficient (Wildman–Crippen LogP) is 1.43. The van der Waals surface area contributed by atoms with Crippen molar-refractivity contribution in [2.45, 2.75) is 18.9 Å². The molecule has 1 amide bonds. The Morgan fingerprint density at radius 2 is 2.41 bits per heavy atom. The first-order valence-electron chi connectivity index (χ1n) is 5.30. The second-order valence-electron chi connectivity index (χ2n) is 3.59. The van der Waals surface area contributed by atoms with E-state index >= 15 is 0 Å². The Hall–Kier alpha value is -1.17. The van der Waals surface area contributed by atoms with Gasteiger partial charge in [-0.15, -0.1) is 0 Å². The summed E-state index contributed by atoms with van der Waals surface area (Å²) in [6.07, 6.45) is 2.79. The highest BCUT2D eigenvalue weighted by molar-refractivity contribution is 6.30. The molecule has 3 N–H and O–H groups in total. The molecule has 0 aliphatic heterocycles. The summed E-state index contributed by atoms with van der Waals surface area (Å²) < 4.78 is 4.89. The van der Waals surface area contributed by atoms with E-state index in [-0.39, 0.29) is 5.91 Å². The molecule has 0 aliphatic carbocycles. The number of nitrogens with zero attached hydrogens (tertiary/aromatic N) is 1. The van der Waals surface area contributed by atoms with Crippen molar-refractivity contribution in [3.05, 3.63) is 23.4 Å². The number of carbonyl (C=O) groups is 1. The number of hydrogen-bond acceptors (Lipinski definition) is 4. The third kappa shape index (κ3) is 5.12. The second-order valence-corrected chi connectivity index (χ2v) is 4.03. The van der Waals surface area contributed by atoms with Crippen LogP contribution in [0.15, 0.2) is 18.3 Å². The summed E-state index contributed by atoms with van der Waals surface area (Å²) in [6, 6.07) is 2.73. The Balaban J connectivity index is 2.40. The normalized spacial score (nSPS) is 12.2. The van der Waals surface area contributed by atoms with Gasteiger partial charge in [0, 0.05) is 19.9 Å². The molecule has 5 nitrogen and oxygen atoms in total. The zero-order chi connectivity index (χ0) is 12.7. The number of rotatable bonds is 6. The van der Waals surface area contributed by atoms with Gasteiger partial charge in [0.25, 0.3) is 0 Å². The van der Waals surface area contributed by atoms with Gasteiger partial charge in [-0.1, -0.05) is 11.6 Å². The van der Waals surface area contributed by atoms with Crippen LogP contribution in [0, 0.1) is 0 Å². The topological polar surface area (TPSA) is 77.2 Å². The van der Waals surface area contributed by atoms with Crippen molar-refractivity contribution >= 4 is 23.3 Å². The van der Waals surface area contributed by atoms with Crippen LogP contribution >= 0.6 is 11.6 Å². The molecule has 6 heteroatoms. The lowest BCUT2D eigenvalue weighted by Gasteiger charge is -2.11. The van der Waals surface area contributed by atoms with Crippen LogP contribution < -0.4 is 11.1 Å². The lowest BCUT2D eigenvalue weighted by Crippen LogP contribution is -2.35. The summed E-state index contributed by atoms with van der Waals surface area (Å²) in [7, 11) is 1.61. The molecule has 1 rings (SSSR count). The number of pyridine rings is 1. The van der Waals surface area contributed by atoms with Gasteiger partial charge in [-0.2, -0.15) is 0 Å². The molecule has 17 heavy (non-hydrogen) atoms. The Kier molecular flexibility index (Phi) is 5.90. The minimum atomic E-state index is -0.553. The van der Waals surface area contributed by atoms with Crippen LogP contribution in [-0.4, -0.2) is 30.6 Å². The molecule has 0 saturated heterocycles. The summed E-state index contributed by atoms with van der Waals surface area (Å²) in [5, 5.41) is 3.14. The molecular weight excluding hydrogens is 242 g/mol. The van der Waals surface area contributed by atoms with Crippen molar-refractivity contribution < 1.29 is 9.53 Å². The van der Waals surface area contributed by atoms with E-state index < -0.39 is 6.04 Å². The Morgan fingerprint density at radius 3 is 3.00 bits per heavy atom. The van der Waals surface area contributed by atoms with E-state index in [1.54, 1.807) is 19.2 Å². The predicted molar refractivity (Wildman–Crippen MR) is 67.0 cm³/mol. The monoisotopic (exact) mass is 257 g/mol. The van der Waals surface area contributed by atoms with Gasteiger partial charge in [0.2, 0.25) is 5.91 Å². The fourth-order valence-electron chi connectivity index (χ4n) is 1.25. The zero-order valence-corrected chi connectivity index (χ0v) is 10.4. The molecule has 1 aromatic heterocycles. The summed E-state index contributed by atoms with van der Waals surface area (Å²) in [6.45, 7) is 0.597. The van der Waals surface area contributed by atoms with E-state index in [1.165, 1.54) is 6.20 Å². The number of hydrogen-bond donors (Lipinski definition) is 2. The number of methoxy groups -OCH3 is 1. The number of nitrogens with two attached hydrogens (primary N) is 1. The number of anilines is 1. The smallest absolute Gasteiger partial charge is 0.242 e. The van der Waals surface area contributed by atoms with Crippen LogP contribution in [0.1, 0.15) is 12.8 Å². The lowest BCUT2D eigenvalue weighted by atomic mass is 10.1. The molecule has 0 fully saturated rings. The number of halogens is 1. The largest absolute Gasteiger partial charge is 0.385 e. The third-order valence-electron chi connectivity index (χ3n) is 2.18. The van der Waals surface area contributed by atoms with Crippen LogP contribution in [0.4, 0.5) is 5.82 Å². The fraction of sp³-hybridized carbons (Fsp3) is 0.455. The minimum absolute atomic E-state index is 0.254. The number of aromatic nitrogens is 1. The first-order chi connectivity index (χ1) is 8.13. The molecule has 0 radical (unpaired) electrons. The molecule has 1 heterocycles. The highest BCUT2D eigenvalue weighted by Gasteiger charge is 2.13. The molecule has 0 aromatic carbocycles. The van der Waals surface area contributed by atoms with E-state index in [0.29, 0.717) is 23.9 Å². The van der Waals surface area contributed by atoms with Crippen LogP contribution in [0.3, 0.4) is 0 Å². The first-order valence-corrected chi connectivity index (χ1v) is 5.68. The highest BCUT2D eigenvalue weighted by Crippen LogP contribution is 2.10. The number of nitrogens with one attached hydrogen (secondary N) is 1. The maximum Gasteiger partial charge on any atom is 0.242 e. The number of ether oxygens (including phenoxy) is 1. The van der Waals surface area contributed by atoms with Crippen LogP contribution in [0.2, 0.25) is 5.02 Å². The van der Waals surface area contributed by atoms with Gasteiger partial charge in [-0.3, -0.25) is 4.79 Å². The maximum absolute atomic E-state index is 11.6. The molecule has 0 bridgehead atoms. The zero-order valence-electron chi connectivity index (χ0n) is 9.65. The summed E-state index contributed by atoms with van der Waals surface area (Å²) in [5.41, 5.74) is 5.71. The molecule has 0 saturated carbocycles. The summed E-state index contributed by atoms with van der Waals surface area (Å²) in [4.78, 5) is 15.6. The van der Waals surface area contributed by atoms with Gasteiger partial charge < -0.3 is 15.8 Å². The average Bonchev–Trinajstić information content (AvgIpc) is 2.32. The second kappa shape index (κ2) is 7.21. The Labute approximate surface area is 105 Å². The minimum Gasteiger partial charge on any atom is -0.385 e. The van der Waals surface area contributed by atoms with Gasteiger partial charge in [0.1, 0.15) is 5.82 Å². The molecule has 1 unspecified atom stereocenters. The van der Waals surface area contributed by atoms with Gasteiger partial charge >= 0.3 is 0 Å². The molecule has 1 aromatic rings. The van der Waals surface area contributed by atoms with Gasteiger partial charge in [-0.25, -0.2) is 4.98 Å². The van der Waals surface area contributed by atoms with Crippen molar-refractivity contribution in [3.8, 4) is 0 Å². The average molecular weight is 258 g/mol.